The van der Waals surface area contributed by atoms with E-state index in [4.69, 9.17) is 34.7 Å². The van der Waals surface area contributed by atoms with Crippen LogP contribution >= 0.6 is 11.6 Å². The molecule has 1 fully saturated rings. The number of methoxy groups -OCH3 is 1. The van der Waals surface area contributed by atoms with E-state index >= 15 is 0 Å². The molecule has 2 aromatic carbocycles. The van der Waals surface area contributed by atoms with Crippen LogP contribution in [-0.4, -0.2) is 34.6 Å². The Bertz CT molecular complexity index is 1590. The number of aromatic nitrogens is 3. The Morgan fingerprint density at radius 1 is 1.13 bits per heavy atom. The van der Waals surface area contributed by atoms with Crippen molar-refractivity contribution >= 4 is 28.3 Å². The van der Waals surface area contributed by atoms with Gasteiger partial charge in [-0.25, -0.2) is 9.37 Å². The highest BCUT2D eigenvalue weighted by atomic mass is 35.5. The van der Waals surface area contributed by atoms with E-state index in [-0.39, 0.29) is 29.9 Å². The molecule has 7 nitrogen and oxygen atoms in total. The highest BCUT2D eigenvalue weighted by Gasteiger charge is 2.32. The van der Waals surface area contributed by atoms with Crippen LogP contribution in [0.5, 0.6) is 0 Å². The molecule has 4 aromatic rings. The number of aryl methyl sites for hydroxylation is 2. The number of hydrogen-bond donors (Lipinski definition) is 0. The summed E-state index contributed by atoms with van der Waals surface area (Å²) >= 11 is 5.97. The van der Waals surface area contributed by atoms with Crippen molar-refractivity contribution in [1.29, 1.82) is 0 Å². The summed E-state index contributed by atoms with van der Waals surface area (Å²) in [4.78, 5) is 7.10. The molecule has 0 spiro atoms. The molecule has 0 amide bonds. The molecule has 0 bridgehead atoms. The molecule has 0 N–H and O–H groups in total. The van der Waals surface area contributed by atoms with E-state index in [0.29, 0.717) is 18.5 Å². The predicted molar refractivity (Wildman–Crippen MR) is 145 cm³/mol. The molecule has 9 heteroatoms. The Morgan fingerprint density at radius 3 is 2.71 bits per heavy atom. The maximum absolute atomic E-state index is 14.5. The highest BCUT2D eigenvalue weighted by molar-refractivity contribution is 6.30. The minimum atomic E-state index is -2.42. The molecular formula is C29H30ClFN4O3. The van der Waals surface area contributed by atoms with Crippen molar-refractivity contribution in [2.24, 2.45) is 0 Å². The largest absolute Gasteiger partial charge is 0.481 e. The molecule has 0 radical (unpaired) electrons. The van der Waals surface area contributed by atoms with Gasteiger partial charge in [-0.3, -0.25) is 0 Å². The molecule has 1 aliphatic heterocycles. The maximum atomic E-state index is 14.5. The lowest BCUT2D eigenvalue weighted by atomic mass is 9.92. The summed E-state index contributed by atoms with van der Waals surface area (Å²) in [5.74, 6) is 1.01. The quantitative estimate of drug-likeness (QED) is 0.265. The number of imidazole rings is 1. The maximum Gasteiger partial charge on any atom is 0.161 e. The van der Waals surface area contributed by atoms with Crippen LogP contribution in [0.4, 0.5) is 10.1 Å². The number of hydrogen-bond acceptors (Lipinski definition) is 6. The number of halogens is 2. The molecule has 1 saturated carbocycles. The molecule has 198 valence electrons. The van der Waals surface area contributed by atoms with E-state index in [0.717, 1.165) is 52.3 Å². The van der Waals surface area contributed by atoms with Crippen LogP contribution in [-0.2, 0) is 9.47 Å². The number of nitrogens with zero attached hydrogens (tertiary/aromatic N) is 4. The lowest BCUT2D eigenvalue weighted by Gasteiger charge is -2.36. The van der Waals surface area contributed by atoms with E-state index in [1.807, 2.05) is 37.0 Å². The Hall–Kier alpha value is -3.36. The Kier molecular flexibility index (Phi) is 5.72. The zero-order valence-electron chi connectivity index (χ0n) is 24.2. The molecule has 2 aromatic heterocycles. The van der Waals surface area contributed by atoms with E-state index in [2.05, 4.69) is 15.8 Å². The number of benzene rings is 2. The van der Waals surface area contributed by atoms with Crippen molar-refractivity contribution in [3.05, 3.63) is 76.9 Å². The topological polar surface area (TPSA) is 65.6 Å². The van der Waals surface area contributed by atoms with Crippen LogP contribution in [0, 0.1) is 19.7 Å². The molecule has 1 aliphatic carbocycles. The van der Waals surface area contributed by atoms with Crippen LogP contribution in [0.2, 0.25) is 5.02 Å². The lowest BCUT2D eigenvalue weighted by molar-refractivity contribution is 0.0584. The number of rotatable bonds is 5. The van der Waals surface area contributed by atoms with Crippen LogP contribution < -0.4 is 4.90 Å². The van der Waals surface area contributed by atoms with Crippen molar-refractivity contribution in [1.82, 2.24) is 14.7 Å². The first kappa shape index (κ1) is 21.6. The fraction of sp³-hybridized carbons (Fsp3) is 0.379. The van der Waals surface area contributed by atoms with Gasteiger partial charge in [0, 0.05) is 24.3 Å². The summed E-state index contributed by atoms with van der Waals surface area (Å²) in [6, 6.07) is 10.6. The smallest absolute Gasteiger partial charge is 0.161 e. The SMILES string of the molecule is [2H]C([2H])([2H])OC1CCC(n2c([C@@H]3C=COCN3c3ccc(Cl)c(F)c3)nc3cc(-c4c(C)noc4C)ccc32)CC1. The minimum absolute atomic E-state index is 0.0499. The van der Waals surface area contributed by atoms with Crippen molar-refractivity contribution in [3.8, 4) is 11.1 Å². The number of fused-ring (bicyclic) bond motifs is 1. The summed E-state index contributed by atoms with van der Waals surface area (Å²) in [6.45, 7) is 4.00. The summed E-state index contributed by atoms with van der Waals surface area (Å²) in [5, 5.41) is 4.16. The molecule has 38 heavy (non-hydrogen) atoms. The molecule has 6 rings (SSSR count). The third-order valence-electron chi connectivity index (χ3n) is 7.62. The van der Waals surface area contributed by atoms with Gasteiger partial charge in [-0.15, -0.1) is 0 Å². The van der Waals surface area contributed by atoms with E-state index in [1.165, 1.54) is 12.1 Å². The van der Waals surface area contributed by atoms with Crippen molar-refractivity contribution in [3.63, 3.8) is 0 Å². The summed E-state index contributed by atoms with van der Waals surface area (Å²) in [7, 11) is -2.42. The van der Waals surface area contributed by atoms with Crippen LogP contribution in [0.25, 0.3) is 22.2 Å². The first-order chi connectivity index (χ1) is 19.6. The first-order valence-corrected chi connectivity index (χ1v) is 13.1. The minimum Gasteiger partial charge on any atom is -0.481 e. The first-order valence-electron chi connectivity index (χ1n) is 14.2. The zero-order valence-corrected chi connectivity index (χ0v) is 21.9. The zero-order chi connectivity index (χ0) is 28.9. The van der Waals surface area contributed by atoms with Gasteiger partial charge in [-0.2, -0.15) is 0 Å². The third kappa shape index (κ3) is 4.35. The molecular weight excluding hydrogens is 507 g/mol. The standard InChI is InChI=1S/C29H30ClFN4O3/c1-17-28(18(2)38-33-17)19-4-11-26-25(14-19)32-29(35(26)20-5-8-22(36-3)9-6-20)27-12-13-37-16-34(27)21-7-10-23(30)24(31)15-21/h4,7,10-15,20,22,27H,5-6,8-9,16H2,1-3H3/t20?,22?,27-/m0/s1/i3D3. The monoisotopic (exact) mass is 539 g/mol. The van der Waals surface area contributed by atoms with Gasteiger partial charge in [-0.1, -0.05) is 22.8 Å². The van der Waals surface area contributed by atoms with Crippen molar-refractivity contribution in [2.75, 3.05) is 18.7 Å². The van der Waals surface area contributed by atoms with Gasteiger partial charge in [0.1, 0.15) is 23.4 Å². The fourth-order valence-electron chi connectivity index (χ4n) is 5.74. The summed E-state index contributed by atoms with van der Waals surface area (Å²) < 4.78 is 55.6. The van der Waals surface area contributed by atoms with Crippen molar-refractivity contribution < 1.29 is 22.5 Å². The lowest BCUT2D eigenvalue weighted by Crippen LogP contribution is -2.35. The van der Waals surface area contributed by atoms with Gasteiger partial charge >= 0.3 is 0 Å². The van der Waals surface area contributed by atoms with Gasteiger partial charge in [0.05, 0.1) is 38.2 Å². The second-order valence-electron chi connectivity index (χ2n) is 9.93. The predicted octanol–water partition coefficient (Wildman–Crippen LogP) is 7.28. The number of anilines is 1. The Labute approximate surface area is 230 Å². The Balaban J connectivity index is 1.44. The molecule has 0 unspecified atom stereocenters. The fourth-order valence-corrected chi connectivity index (χ4v) is 5.86. The highest BCUT2D eigenvalue weighted by Crippen LogP contribution is 2.40. The molecule has 1 atom stereocenters. The number of ether oxygens (including phenoxy) is 2. The van der Waals surface area contributed by atoms with Gasteiger partial charge in [-0.05, 0) is 81.5 Å². The van der Waals surface area contributed by atoms with Crippen molar-refractivity contribution in [2.45, 2.75) is 57.7 Å². The average molecular weight is 540 g/mol. The van der Waals surface area contributed by atoms with Gasteiger partial charge < -0.3 is 23.5 Å². The van der Waals surface area contributed by atoms with E-state index < -0.39 is 12.9 Å². The summed E-state index contributed by atoms with van der Waals surface area (Å²) in [5.41, 5.74) is 5.08. The van der Waals surface area contributed by atoms with Crippen LogP contribution in [0.3, 0.4) is 0 Å². The van der Waals surface area contributed by atoms with Crippen LogP contribution in [0.15, 0.2) is 53.3 Å². The van der Waals surface area contributed by atoms with Gasteiger partial charge in [0.25, 0.3) is 0 Å². The third-order valence-corrected chi connectivity index (χ3v) is 7.93. The molecule has 3 heterocycles. The van der Waals surface area contributed by atoms with Gasteiger partial charge in [0.2, 0.25) is 0 Å². The second kappa shape index (κ2) is 10.1. The Morgan fingerprint density at radius 2 is 1.97 bits per heavy atom. The van der Waals surface area contributed by atoms with E-state index in [9.17, 15) is 4.39 Å². The van der Waals surface area contributed by atoms with Crippen LogP contribution in [0.1, 0.15) is 59.2 Å². The summed E-state index contributed by atoms with van der Waals surface area (Å²) in [6.07, 6.45) is 5.93. The van der Waals surface area contributed by atoms with E-state index in [1.54, 1.807) is 12.3 Å². The molecule has 0 saturated heterocycles. The normalized spacial score (nSPS) is 23.2. The van der Waals surface area contributed by atoms with Gasteiger partial charge in [0.15, 0.2) is 6.73 Å². The molecule has 2 aliphatic rings. The average Bonchev–Trinajstić information content (AvgIpc) is 3.48. The second-order valence-corrected chi connectivity index (χ2v) is 10.3.